The largest absolute Gasteiger partial charge is 0.467 e. The average molecular weight is 141 g/mol. The van der Waals surface area contributed by atoms with Crippen molar-refractivity contribution < 1.29 is 9.53 Å². The van der Waals surface area contributed by atoms with Gasteiger partial charge in [0.05, 0.1) is 7.11 Å². The van der Waals surface area contributed by atoms with Crippen LogP contribution >= 0.6 is 0 Å². The molecule has 0 bridgehead atoms. The Morgan fingerprint density at radius 2 is 2.60 bits per heavy atom. The lowest BCUT2D eigenvalue weighted by molar-refractivity contribution is -0.142. The quantitative estimate of drug-likeness (QED) is 0.538. The van der Waals surface area contributed by atoms with Crippen LogP contribution in [0.15, 0.2) is 11.8 Å². The highest BCUT2D eigenvalue weighted by Gasteiger charge is 2.21. The third kappa shape index (κ3) is 1.29. The third-order valence-electron chi connectivity index (χ3n) is 1.54. The van der Waals surface area contributed by atoms with Crippen LogP contribution in [0.3, 0.4) is 0 Å². The molecule has 0 aromatic carbocycles. The van der Waals surface area contributed by atoms with Crippen molar-refractivity contribution in [3.63, 3.8) is 0 Å². The summed E-state index contributed by atoms with van der Waals surface area (Å²) < 4.78 is 4.55. The van der Waals surface area contributed by atoms with Crippen molar-refractivity contribution in [1.82, 2.24) is 5.32 Å². The van der Waals surface area contributed by atoms with Crippen LogP contribution in [0.2, 0.25) is 0 Å². The molecule has 56 valence electrons. The van der Waals surface area contributed by atoms with E-state index in [1.54, 1.807) is 0 Å². The van der Waals surface area contributed by atoms with Gasteiger partial charge in [0.25, 0.3) is 0 Å². The zero-order valence-corrected chi connectivity index (χ0v) is 6.18. The molecule has 0 radical (unpaired) electrons. The van der Waals surface area contributed by atoms with Crippen molar-refractivity contribution in [2.24, 2.45) is 0 Å². The minimum Gasteiger partial charge on any atom is -0.467 e. The number of carbonyl (C=O) groups excluding carboxylic acids is 1. The standard InChI is InChI=1S/C7H11NO2/c1-5-3-6(8-4-5)7(9)10-2/h4,6,8H,3H2,1-2H3/t6-/m0/s1. The highest BCUT2D eigenvalue weighted by atomic mass is 16.5. The molecular weight excluding hydrogens is 130 g/mol. The summed E-state index contributed by atoms with van der Waals surface area (Å²) in [7, 11) is 1.40. The van der Waals surface area contributed by atoms with Crippen LogP contribution in [0.25, 0.3) is 0 Å². The number of methoxy groups -OCH3 is 1. The summed E-state index contributed by atoms with van der Waals surface area (Å²) in [6, 6.07) is -0.148. The van der Waals surface area contributed by atoms with Crippen molar-refractivity contribution in [2.75, 3.05) is 7.11 Å². The van der Waals surface area contributed by atoms with E-state index < -0.39 is 0 Å². The molecule has 1 atom stereocenters. The van der Waals surface area contributed by atoms with Crippen LogP contribution in [0, 0.1) is 0 Å². The molecule has 3 heteroatoms. The molecule has 3 nitrogen and oxygen atoms in total. The molecule has 1 aliphatic rings. The number of carbonyl (C=O) groups is 1. The lowest BCUT2D eigenvalue weighted by atomic mass is 10.2. The molecule has 0 aliphatic carbocycles. The second-order valence-electron chi connectivity index (χ2n) is 2.44. The van der Waals surface area contributed by atoms with Gasteiger partial charge in [-0.05, 0) is 13.1 Å². The van der Waals surface area contributed by atoms with Crippen molar-refractivity contribution in [1.29, 1.82) is 0 Å². The monoisotopic (exact) mass is 141 g/mol. The lowest BCUT2D eigenvalue weighted by Crippen LogP contribution is -2.30. The van der Waals surface area contributed by atoms with Gasteiger partial charge >= 0.3 is 5.97 Å². The molecule has 1 N–H and O–H groups in total. The van der Waals surface area contributed by atoms with Crippen LogP contribution in [0.1, 0.15) is 13.3 Å². The van der Waals surface area contributed by atoms with Gasteiger partial charge in [0.2, 0.25) is 0 Å². The molecular formula is C7H11NO2. The SMILES string of the molecule is COC(=O)[C@@H]1CC(C)=CN1. The Bertz CT molecular complexity index is 174. The number of rotatable bonds is 1. The van der Waals surface area contributed by atoms with Gasteiger partial charge in [-0.3, -0.25) is 0 Å². The molecule has 0 aromatic rings. The maximum absolute atomic E-state index is 10.8. The summed E-state index contributed by atoms with van der Waals surface area (Å²) in [6.45, 7) is 1.98. The maximum atomic E-state index is 10.8. The molecule has 0 aromatic heterocycles. The van der Waals surface area contributed by atoms with E-state index >= 15 is 0 Å². The molecule has 0 unspecified atom stereocenters. The Kier molecular flexibility index (Phi) is 1.94. The fraction of sp³-hybridized carbons (Fsp3) is 0.571. The van der Waals surface area contributed by atoms with Crippen molar-refractivity contribution in [3.8, 4) is 0 Å². The second kappa shape index (κ2) is 2.73. The van der Waals surface area contributed by atoms with E-state index in [4.69, 9.17) is 0 Å². The number of esters is 1. The second-order valence-corrected chi connectivity index (χ2v) is 2.44. The number of ether oxygens (including phenoxy) is 1. The van der Waals surface area contributed by atoms with Gasteiger partial charge in [-0.2, -0.15) is 0 Å². The highest BCUT2D eigenvalue weighted by Crippen LogP contribution is 2.11. The maximum Gasteiger partial charge on any atom is 0.328 e. The van der Waals surface area contributed by atoms with Gasteiger partial charge in [0.1, 0.15) is 6.04 Å². The Labute approximate surface area is 60.1 Å². The van der Waals surface area contributed by atoms with Crippen molar-refractivity contribution in [3.05, 3.63) is 11.8 Å². The van der Waals surface area contributed by atoms with E-state index in [1.165, 1.54) is 12.7 Å². The van der Waals surface area contributed by atoms with Crippen LogP contribution in [0.4, 0.5) is 0 Å². The summed E-state index contributed by atoms with van der Waals surface area (Å²) in [4.78, 5) is 10.8. The van der Waals surface area contributed by atoms with Crippen molar-refractivity contribution in [2.45, 2.75) is 19.4 Å². The van der Waals surface area contributed by atoms with E-state index in [0.717, 1.165) is 6.42 Å². The molecule has 1 rings (SSSR count). The van der Waals surface area contributed by atoms with E-state index in [0.29, 0.717) is 0 Å². The first-order valence-corrected chi connectivity index (χ1v) is 3.23. The zero-order chi connectivity index (χ0) is 7.56. The summed E-state index contributed by atoms with van der Waals surface area (Å²) >= 11 is 0. The average Bonchev–Trinajstić information content (AvgIpc) is 2.34. The van der Waals surface area contributed by atoms with Gasteiger partial charge in [0.15, 0.2) is 0 Å². The normalized spacial score (nSPS) is 23.4. The fourth-order valence-electron chi connectivity index (χ4n) is 0.976. The molecule has 0 spiro atoms. The fourth-order valence-corrected chi connectivity index (χ4v) is 0.976. The van der Waals surface area contributed by atoms with E-state index in [1.807, 2.05) is 13.1 Å². The number of nitrogens with one attached hydrogen (secondary N) is 1. The number of hydrogen-bond donors (Lipinski definition) is 1. The predicted molar refractivity (Wildman–Crippen MR) is 37.3 cm³/mol. The van der Waals surface area contributed by atoms with Gasteiger partial charge in [-0.25, -0.2) is 4.79 Å². The van der Waals surface area contributed by atoms with E-state index in [-0.39, 0.29) is 12.0 Å². The molecule has 1 aliphatic heterocycles. The Morgan fingerprint density at radius 3 is 3.00 bits per heavy atom. The zero-order valence-electron chi connectivity index (χ0n) is 6.18. The van der Waals surface area contributed by atoms with Gasteiger partial charge in [-0.15, -0.1) is 0 Å². The number of hydrogen-bond acceptors (Lipinski definition) is 3. The summed E-state index contributed by atoms with van der Waals surface area (Å²) in [5.41, 5.74) is 1.19. The van der Waals surface area contributed by atoms with Crippen LogP contribution < -0.4 is 5.32 Å². The first-order valence-electron chi connectivity index (χ1n) is 3.23. The summed E-state index contributed by atoms with van der Waals surface area (Å²) in [6.07, 6.45) is 2.62. The Hall–Kier alpha value is -0.990. The minimum absolute atomic E-state index is 0.148. The predicted octanol–water partition coefficient (Wildman–Crippen LogP) is 0.425. The Morgan fingerprint density at radius 1 is 1.90 bits per heavy atom. The molecule has 0 amide bonds. The molecule has 0 saturated carbocycles. The van der Waals surface area contributed by atoms with Crippen LogP contribution in [-0.4, -0.2) is 19.1 Å². The highest BCUT2D eigenvalue weighted by molar-refractivity contribution is 5.76. The van der Waals surface area contributed by atoms with Gasteiger partial charge in [-0.1, -0.05) is 5.57 Å². The lowest BCUT2D eigenvalue weighted by Gasteiger charge is -2.06. The van der Waals surface area contributed by atoms with E-state index in [2.05, 4.69) is 10.1 Å². The van der Waals surface area contributed by atoms with E-state index in [9.17, 15) is 4.79 Å². The summed E-state index contributed by atoms with van der Waals surface area (Å²) in [5.74, 6) is -0.187. The topological polar surface area (TPSA) is 38.3 Å². The first kappa shape index (κ1) is 7.12. The van der Waals surface area contributed by atoms with Gasteiger partial charge in [0, 0.05) is 6.42 Å². The molecule has 1 heterocycles. The van der Waals surface area contributed by atoms with Crippen molar-refractivity contribution >= 4 is 5.97 Å². The Balaban J connectivity index is 2.42. The van der Waals surface area contributed by atoms with Crippen LogP contribution in [0.5, 0.6) is 0 Å². The van der Waals surface area contributed by atoms with Crippen LogP contribution in [-0.2, 0) is 9.53 Å². The molecule has 0 saturated heterocycles. The molecule has 10 heavy (non-hydrogen) atoms. The first-order chi connectivity index (χ1) is 4.74. The van der Waals surface area contributed by atoms with Gasteiger partial charge < -0.3 is 10.1 Å². The third-order valence-corrected chi connectivity index (χ3v) is 1.54. The summed E-state index contributed by atoms with van der Waals surface area (Å²) in [5, 5.41) is 2.92. The molecule has 0 fully saturated rings. The minimum atomic E-state index is -0.187. The smallest absolute Gasteiger partial charge is 0.328 e.